The number of imidazole rings is 1. The molecule has 4 rings (SSSR count). The number of fused-ring (bicyclic) bond motifs is 1. The fraction of sp³-hybridized carbons (Fsp3) is 0. The summed E-state index contributed by atoms with van der Waals surface area (Å²) in [4.78, 5) is 28.8. The Kier molecular flexibility index (Phi) is 4.78. The van der Waals surface area contributed by atoms with Crippen LogP contribution in [0.25, 0.3) is 16.7 Å². The number of hydrogen-bond acceptors (Lipinski definition) is 3. The topological polar surface area (TPSA) is 76.0 Å². The maximum atomic E-state index is 12.3. The molecule has 0 saturated heterocycles. The predicted octanol–water partition coefficient (Wildman–Crippen LogP) is 3.75. The van der Waals surface area contributed by atoms with Crippen LogP contribution in [0.4, 0.5) is 0 Å². The summed E-state index contributed by atoms with van der Waals surface area (Å²) in [6.45, 7) is 0. The van der Waals surface area contributed by atoms with E-state index < -0.39 is 11.8 Å². The van der Waals surface area contributed by atoms with Gasteiger partial charge in [-0.25, -0.2) is 4.98 Å². The van der Waals surface area contributed by atoms with E-state index in [2.05, 4.69) is 15.8 Å². The summed E-state index contributed by atoms with van der Waals surface area (Å²) >= 11 is 5.98. The number of benzene rings is 3. The predicted molar refractivity (Wildman–Crippen MR) is 107 cm³/mol. The molecule has 0 saturated carbocycles. The molecular weight excluding hydrogens is 376 g/mol. The summed E-state index contributed by atoms with van der Waals surface area (Å²) in [5.41, 5.74) is 8.21. The minimum Gasteiger partial charge on any atom is -0.299 e. The molecule has 7 heteroatoms. The van der Waals surface area contributed by atoms with Crippen molar-refractivity contribution in [2.75, 3.05) is 0 Å². The molecule has 0 atom stereocenters. The largest absolute Gasteiger partial charge is 0.299 e. The Bertz CT molecular complexity index is 1170. The third-order valence-electron chi connectivity index (χ3n) is 4.27. The lowest BCUT2D eigenvalue weighted by atomic mass is 10.2. The highest BCUT2D eigenvalue weighted by Gasteiger charge is 2.12. The van der Waals surface area contributed by atoms with E-state index in [4.69, 9.17) is 11.6 Å². The number of aromatic nitrogens is 2. The van der Waals surface area contributed by atoms with E-state index in [-0.39, 0.29) is 5.56 Å². The van der Waals surface area contributed by atoms with Gasteiger partial charge in [0, 0.05) is 11.3 Å². The van der Waals surface area contributed by atoms with Gasteiger partial charge in [-0.05, 0) is 48.5 Å². The molecule has 6 nitrogen and oxygen atoms in total. The normalized spacial score (nSPS) is 10.6. The number of hydrogen-bond donors (Lipinski definition) is 2. The summed E-state index contributed by atoms with van der Waals surface area (Å²) in [7, 11) is 0. The van der Waals surface area contributed by atoms with E-state index in [9.17, 15) is 9.59 Å². The Balaban J connectivity index is 1.46. The number of para-hydroxylation sites is 2. The molecule has 0 fully saturated rings. The number of hydrazine groups is 1. The van der Waals surface area contributed by atoms with Crippen molar-refractivity contribution in [1.82, 2.24) is 20.4 Å². The van der Waals surface area contributed by atoms with Crippen LogP contribution in [0.5, 0.6) is 0 Å². The number of rotatable bonds is 3. The molecule has 0 aliphatic carbocycles. The minimum absolute atomic E-state index is 0.284. The van der Waals surface area contributed by atoms with Crippen molar-refractivity contribution >= 4 is 34.4 Å². The Morgan fingerprint density at radius 3 is 2.29 bits per heavy atom. The number of amides is 2. The zero-order valence-corrected chi connectivity index (χ0v) is 15.4. The van der Waals surface area contributed by atoms with Crippen LogP contribution in [0.2, 0.25) is 5.02 Å². The van der Waals surface area contributed by atoms with Gasteiger partial charge in [-0.3, -0.25) is 25.0 Å². The Morgan fingerprint density at radius 1 is 0.821 bits per heavy atom. The van der Waals surface area contributed by atoms with Gasteiger partial charge in [0.15, 0.2) is 0 Å². The van der Waals surface area contributed by atoms with Gasteiger partial charge in [0.1, 0.15) is 6.33 Å². The summed E-state index contributed by atoms with van der Waals surface area (Å²) in [6, 6.07) is 21.4. The molecule has 28 heavy (non-hydrogen) atoms. The number of nitrogens with one attached hydrogen (secondary N) is 2. The fourth-order valence-corrected chi connectivity index (χ4v) is 3.06. The molecule has 138 valence electrons. The standard InChI is InChI=1S/C21H15ClN4O2/c22-17-6-2-1-5-16(17)21(28)25-24-20(27)14-9-11-15(12-10-14)26-13-23-18-7-3-4-8-19(18)26/h1-13H,(H,24,27)(H,25,28). The summed E-state index contributed by atoms with van der Waals surface area (Å²) in [5.74, 6) is -0.914. The van der Waals surface area contributed by atoms with Crippen LogP contribution in [0, 0.1) is 0 Å². The molecule has 1 heterocycles. The van der Waals surface area contributed by atoms with Crippen molar-refractivity contribution in [2.45, 2.75) is 0 Å². The summed E-state index contributed by atoms with van der Waals surface area (Å²) < 4.78 is 1.94. The molecule has 0 bridgehead atoms. The third kappa shape index (κ3) is 3.45. The molecule has 4 aromatic rings. The van der Waals surface area contributed by atoms with Gasteiger partial charge < -0.3 is 0 Å². The molecule has 0 aliphatic heterocycles. The highest BCUT2D eigenvalue weighted by Crippen LogP contribution is 2.18. The number of nitrogens with zero attached hydrogens (tertiary/aromatic N) is 2. The molecule has 2 N–H and O–H groups in total. The smallest absolute Gasteiger partial charge is 0.271 e. The van der Waals surface area contributed by atoms with Crippen LogP contribution in [0.15, 0.2) is 79.1 Å². The van der Waals surface area contributed by atoms with Crippen molar-refractivity contribution in [3.05, 3.63) is 95.3 Å². The monoisotopic (exact) mass is 390 g/mol. The van der Waals surface area contributed by atoms with Gasteiger partial charge in [-0.15, -0.1) is 0 Å². The van der Waals surface area contributed by atoms with E-state index in [0.717, 1.165) is 16.7 Å². The zero-order valence-electron chi connectivity index (χ0n) is 14.6. The average Bonchev–Trinajstić information content (AvgIpc) is 3.16. The SMILES string of the molecule is O=C(NNC(=O)c1ccccc1Cl)c1ccc(-n2cnc3ccccc32)cc1. The van der Waals surface area contributed by atoms with Gasteiger partial charge in [-0.2, -0.15) is 0 Å². The molecule has 2 amide bonds. The van der Waals surface area contributed by atoms with Crippen LogP contribution in [0.3, 0.4) is 0 Å². The Morgan fingerprint density at radius 2 is 1.50 bits per heavy atom. The van der Waals surface area contributed by atoms with Crippen LogP contribution < -0.4 is 10.9 Å². The highest BCUT2D eigenvalue weighted by atomic mass is 35.5. The zero-order chi connectivity index (χ0) is 19.5. The third-order valence-corrected chi connectivity index (χ3v) is 4.60. The molecular formula is C21H15ClN4O2. The Hall–Kier alpha value is -3.64. The Labute approximate surface area is 165 Å². The maximum absolute atomic E-state index is 12.3. The van der Waals surface area contributed by atoms with Crippen molar-refractivity contribution in [1.29, 1.82) is 0 Å². The summed E-state index contributed by atoms with van der Waals surface area (Å²) in [6.07, 6.45) is 1.74. The molecule has 0 unspecified atom stereocenters. The van der Waals surface area contributed by atoms with Crippen molar-refractivity contribution in [3.63, 3.8) is 0 Å². The highest BCUT2D eigenvalue weighted by molar-refractivity contribution is 6.33. The van der Waals surface area contributed by atoms with Crippen LogP contribution in [-0.2, 0) is 0 Å². The number of halogens is 1. The van der Waals surface area contributed by atoms with E-state index in [1.165, 1.54) is 0 Å². The van der Waals surface area contributed by atoms with Crippen molar-refractivity contribution in [3.8, 4) is 5.69 Å². The first-order valence-electron chi connectivity index (χ1n) is 8.51. The average molecular weight is 391 g/mol. The number of carbonyl (C=O) groups is 2. The quantitative estimate of drug-likeness (QED) is 0.523. The molecule has 3 aromatic carbocycles. The molecule has 0 spiro atoms. The first kappa shape index (κ1) is 17.8. The van der Waals surface area contributed by atoms with Gasteiger partial charge in [0.2, 0.25) is 0 Å². The van der Waals surface area contributed by atoms with Crippen LogP contribution in [-0.4, -0.2) is 21.4 Å². The summed E-state index contributed by atoms with van der Waals surface area (Å²) in [5, 5.41) is 0.311. The molecule has 0 radical (unpaired) electrons. The van der Waals surface area contributed by atoms with Crippen LogP contribution >= 0.6 is 11.6 Å². The van der Waals surface area contributed by atoms with E-state index in [0.29, 0.717) is 10.6 Å². The number of carbonyl (C=O) groups excluding carboxylic acids is 2. The van der Waals surface area contributed by atoms with E-state index in [1.54, 1.807) is 42.7 Å². The minimum atomic E-state index is -0.486. The lowest BCUT2D eigenvalue weighted by molar-refractivity contribution is 0.0847. The second-order valence-corrected chi connectivity index (χ2v) is 6.45. The van der Waals surface area contributed by atoms with E-state index in [1.807, 2.05) is 41.0 Å². The van der Waals surface area contributed by atoms with Crippen LogP contribution in [0.1, 0.15) is 20.7 Å². The first-order chi connectivity index (χ1) is 13.6. The lowest BCUT2D eigenvalue weighted by Crippen LogP contribution is -2.41. The van der Waals surface area contributed by atoms with Gasteiger partial charge in [0.05, 0.1) is 21.6 Å². The van der Waals surface area contributed by atoms with Gasteiger partial charge >= 0.3 is 0 Å². The van der Waals surface area contributed by atoms with Crippen molar-refractivity contribution in [2.24, 2.45) is 0 Å². The van der Waals surface area contributed by atoms with Crippen molar-refractivity contribution < 1.29 is 9.59 Å². The fourth-order valence-electron chi connectivity index (χ4n) is 2.84. The second-order valence-electron chi connectivity index (χ2n) is 6.04. The lowest BCUT2D eigenvalue weighted by Gasteiger charge is -2.09. The van der Waals surface area contributed by atoms with Gasteiger partial charge in [0.25, 0.3) is 11.8 Å². The van der Waals surface area contributed by atoms with Gasteiger partial charge in [-0.1, -0.05) is 35.9 Å². The molecule has 0 aliphatic rings. The molecule has 1 aromatic heterocycles. The van der Waals surface area contributed by atoms with E-state index >= 15 is 0 Å². The maximum Gasteiger partial charge on any atom is 0.271 e. The first-order valence-corrected chi connectivity index (χ1v) is 8.89. The second kappa shape index (κ2) is 7.54.